The Labute approximate surface area is 132 Å². The van der Waals surface area contributed by atoms with Gasteiger partial charge in [0.2, 0.25) is 0 Å². The largest absolute Gasteiger partial charge is 0.374 e. The summed E-state index contributed by atoms with van der Waals surface area (Å²) in [5.41, 5.74) is 8.65. The Bertz CT molecular complexity index is 474. The van der Waals surface area contributed by atoms with Crippen molar-refractivity contribution in [2.24, 2.45) is 5.73 Å². The Balaban J connectivity index is 1.66. The molecular formula is C17H26N2OS. The zero-order chi connectivity index (χ0) is 14.7. The summed E-state index contributed by atoms with van der Waals surface area (Å²) in [5, 5.41) is 0. The van der Waals surface area contributed by atoms with Gasteiger partial charge in [-0.15, -0.1) is 0 Å². The summed E-state index contributed by atoms with van der Waals surface area (Å²) >= 11 is 2.04. The lowest BCUT2D eigenvalue weighted by Crippen LogP contribution is -2.47. The van der Waals surface area contributed by atoms with Crippen LogP contribution in [0.15, 0.2) is 24.3 Å². The monoisotopic (exact) mass is 306 g/mol. The third-order valence-electron chi connectivity index (χ3n) is 4.92. The van der Waals surface area contributed by atoms with Crippen molar-refractivity contribution in [3.05, 3.63) is 35.4 Å². The number of rotatable bonds is 4. The summed E-state index contributed by atoms with van der Waals surface area (Å²) in [6.45, 7) is 2.52. The number of thioether (sulfide) groups is 1. The molecule has 2 saturated heterocycles. The molecule has 0 aliphatic carbocycles. The van der Waals surface area contributed by atoms with Gasteiger partial charge in [-0.25, -0.2) is 0 Å². The normalized spacial score (nSPS) is 29.4. The van der Waals surface area contributed by atoms with Crippen LogP contribution in [0.25, 0.3) is 0 Å². The summed E-state index contributed by atoms with van der Waals surface area (Å²) in [6.07, 6.45) is 3.55. The predicted octanol–water partition coefficient (Wildman–Crippen LogP) is 2.63. The number of nitrogens with two attached hydrogens (primary N) is 1. The smallest absolute Gasteiger partial charge is 0.0795 e. The zero-order valence-corrected chi connectivity index (χ0v) is 13.7. The van der Waals surface area contributed by atoms with Crippen molar-refractivity contribution < 1.29 is 4.74 Å². The summed E-state index contributed by atoms with van der Waals surface area (Å²) < 4.78 is 6.13. The lowest BCUT2D eigenvalue weighted by Gasteiger charge is -2.41. The quantitative estimate of drug-likeness (QED) is 0.928. The Kier molecular flexibility index (Phi) is 4.89. The molecule has 0 amide bonds. The van der Waals surface area contributed by atoms with E-state index in [1.807, 2.05) is 11.8 Å². The van der Waals surface area contributed by atoms with Gasteiger partial charge in [0.15, 0.2) is 0 Å². The van der Waals surface area contributed by atoms with Crippen LogP contribution in [0, 0.1) is 0 Å². The van der Waals surface area contributed by atoms with Crippen molar-refractivity contribution in [2.45, 2.75) is 44.0 Å². The first-order valence-corrected chi connectivity index (χ1v) is 9.07. The molecule has 4 heteroatoms. The van der Waals surface area contributed by atoms with Crippen LogP contribution >= 0.6 is 11.8 Å². The van der Waals surface area contributed by atoms with Crippen LogP contribution in [0.3, 0.4) is 0 Å². The van der Waals surface area contributed by atoms with Crippen LogP contribution in [-0.2, 0) is 17.8 Å². The van der Waals surface area contributed by atoms with Gasteiger partial charge < -0.3 is 10.5 Å². The molecule has 3 nitrogen and oxygen atoms in total. The van der Waals surface area contributed by atoms with E-state index in [9.17, 15) is 0 Å². The van der Waals surface area contributed by atoms with E-state index < -0.39 is 0 Å². The molecule has 0 radical (unpaired) electrons. The van der Waals surface area contributed by atoms with Gasteiger partial charge in [-0.05, 0) is 43.2 Å². The molecule has 2 aliphatic rings. The molecule has 2 aliphatic heterocycles. The molecule has 2 heterocycles. The molecule has 3 rings (SSSR count). The predicted molar refractivity (Wildman–Crippen MR) is 89.4 cm³/mol. The molecule has 2 atom stereocenters. The molecule has 0 saturated carbocycles. The van der Waals surface area contributed by atoms with Gasteiger partial charge >= 0.3 is 0 Å². The van der Waals surface area contributed by atoms with E-state index in [2.05, 4.69) is 36.2 Å². The number of nitrogens with zero attached hydrogens (tertiary/aromatic N) is 1. The number of hydrogen-bond acceptors (Lipinski definition) is 4. The molecular weight excluding hydrogens is 280 g/mol. The van der Waals surface area contributed by atoms with Crippen LogP contribution in [0.2, 0.25) is 0 Å². The molecule has 2 N–H and O–H groups in total. The third kappa shape index (κ3) is 3.45. The molecule has 0 aromatic heterocycles. The topological polar surface area (TPSA) is 38.5 Å². The number of hydrogen-bond donors (Lipinski definition) is 1. The second-order valence-electron chi connectivity index (χ2n) is 6.37. The molecule has 21 heavy (non-hydrogen) atoms. The second kappa shape index (κ2) is 6.69. The van der Waals surface area contributed by atoms with Crippen molar-refractivity contribution in [1.29, 1.82) is 0 Å². The Morgan fingerprint density at radius 2 is 2.19 bits per heavy atom. The molecule has 0 bridgehead atoms. The van der Waals surface area contributed by atoms with Crippen molar-refractivity contribution in [3.8, 4) is 0 Å². The minimum absolute atomic E-state index is 0.162. The average Bonchev–Trinajstić information content (AvgIpc) is 2.95. The van der Waals surface area contributed by atoms with Crippen LogP contribution < -0.4 is 5.73 Å². The molecule has 2 unspecified atom stereocenters. The Morgan fingerprint density at radius 3 is 2.90 bits per heavy atom. The average molecular weight is 306 g/mol. The van der Waals surface area contributed by atoms with Gasteiger partial charge in [-0.1, -0.05) is 24.3 Å². The van der Waals surface area contributed by atoms with Crippen molar-refractivity contribution in [3.63, 3.8) is 0 Å². The van der Waals surface area contributed by atoms with E-state index in [1.165, 1.54) is 35.5 Å². The SMILES string of the molecule is CN(Cc1ccccc1CN)C1CCOC2(CCSC2)C1. The standard InChI is InChI=1S/C17H26N2OS/c1-19(12-15-5-3-2-4-14(15)11-18)16-6-8-20-17(10-16)7-9-21-13-17/h2-5,16H,6-13,18H2,1H3. The maximum Gasteiger partial charge on any atom is 0.0795 e. The van der Waals surface area contributed by atoms with Gasteiger partial charge in [0.1, 0.15) is 0 Å². The lowest BCUT2D eigenvalue weighted by molar-refractivity contribution is -0.0874. The van der Waals surface area contributed by atoms with Crippen molar-refractivity contribution in [2.75, 3.05) is 25.2 Å². The fourth-order valence-corrected chi connectivity index (χ4v) is 4.93. The highest BCUT2D eigenvalue weighted by atomic mass is 32.2. The highest BCUT2D eigenvalue weighted by molar-refractivity contribution is 7.99. The van der Waals surface area contributed by atoms with E-state index in [1.54, 1.807) is 0 Å². The Hall–Kier alpha value is -0.550. The summed E-state index contributed by atoms with van der Waals surface area (Å²) in [7, 11) is 2.25. The summed E-state index contributed by atoms with van der Waals surface area (Å²) in [4.78, 5) is 2.50. The van der Waals surface area contributed by atoms with E-state index >= 15 is 0 Å². The van der Waals surface area contributed by atoms with E-state index in [4.69, 9.17) is 10.5 Å². The van der Waals surface area contributed by atoms with Crippen molar-refractivity contribution >= 4 is 11.8 Å². The van der Waals surface area contributed by atoms with Crippen LogP contribution in [-0.4, -0.2) is 41.7 Å². The lowest BCUT2D eigenvalue weighted by atomic mass is 9.89. The minimum atomic E-state index is 0.162. The van der Waals surface area contributed by atoms with Gasteiger partial charge in [0.25, 0.3) is 0 Å². The van der Waals surface area contributed by atoms with E-state index in [-0.39, 0.29) is 5.60 Å². The molecule has 2 fully saturated rings. The summed E-state index contributed by atoms with van der Waals surface area (Å²) in [6, 6.07) is 9.16. The zero-order valence-electron chi connectivity index (χ0n) is 12.9. The maximum atomic E-state index is 6.13. The first-order valence-electron chi connectivity index (χ1n) is 7.91. The van der Waals surface area contributed by atoms with E-state index in [0.29, 0.717) is 12.6 Å². The Morgan fingerprint density at radius 1 is 1.38 bits per heavy atom. The van der Waals surface area contributed by atoms with E-state index in [0.717, 1.165) is 19.6 Å². The number of benzene rings is 1. The van der Waals surface area contributed by atoms with Crippen LogP contribution in [0.4, 0.5) is 0 Å². The fraction of sp³-hybridized carbons (Fsp3) is 0.647. The highest BCUT2D eigenvalue weighted by Gasteiger charge is 2.41. The molecule has 116 valence electrons. The fourth-order valence-electron chi connectivity index (χ4n) is 3.55. The van der Waals surface area contributed by atoms with Crippen LogP contribution in [0.5, 0.6) is 0 Å². The third-order valence-corrected chi connectivity index (χ3v) is 6.14. The second-order valence-corrected chi connectivity index (χ2v) is 7.47. The van der Waals surface area contributed by atoms with Crippen LogP contribution in [0.1, 0.15) is 30.4 Å². The van der Waals surface area contributed by atoms with Gasteiger partial charge in [0.05, 0.1) is 5.60 Å². The first-order chi connectivity index (χ1) is 10.2. The molecule has 1 aromatic rings. The van der Waals surface area contributed by atoms with Gasteiger partial charge in [0, 0.05) is 31.5 Å². The maximum absolute atomic E-state index is 6.13. The van der Waals surface area contributed by atoms with Gasteiger partial charge in [-0.2, -0.15) is 11.8 Å². The summed E-state index contributed by atoms with van der Waals surface area (Å²) in [5.74, 6) is 2.43. The van der Waals surface area contributed by atoms with Crippen molar-refractivity contribution in [1.82, 2.24) is 4.90 Å². The van der Waals surface area contributed by atoms with Gasteiger partial charge in [-0.3, -0.25) is 4.90 Å². The molecule has 1 aromatic carbocycles. The first kappa shape index (κ1) is 15.3. The minimum Gasteiger partial charge on any atom is -0.374 e. The highest BCUT2D eigenvalue weighted by Crippen LogP contribution is 2.39. The number of ether oxygens (including phenoxy) is 1. The molecule has 1 spiro atoms.